The standard InChI is InChI=1S/C16H23N3O/c1-2-3-5-13-6-7-15-14(12-13)18-16(20-15)19-10-4-8-17-9-11-19/h6-7,12,17H,2-5,8-11H2,1H3. The summed E-state index contributed by atoms with van der Waals surface area (Å²) >= 11 is 0. The Morgan fingerprint density at radius 3 is 3.15 bits per heavy atom. The molecule has 0 aliphatic carbocycles. The molecule has 0 spiro atoms. The number of rotatable bonds is 4. The largest absolute Gasteiger partial charge is 0.423 e. The Bertz CT molecular complexity index is 556. The van der Waals surface area contributed by atoms with Crippen molar-refractivity contribution in [2.75, 3.05) is 31.1 Å². The molecule has 2 aromatic rings. The van der Waals surface area contributed by atoms with Crippen LogP contribution in [0.3, 0.4) is 0 Å². The van der Waals surface area contributed by atoms with Gasteiger partial charge in [-0.1, -0.05) is 19.4 Å². The number of anilines is 1. The van der Waals surface area contributed by atoms with Gasteiger partial charge in [-0.15, -0.1) is 0 Å². The van der Waals surface area contributed by atoms with Gasteiger partial charge >= 0.3 is 0 Å². The highest BCUT2D eigenvalue weighted by Gasteiger charge is 2.15. The molecule has 2 heterocycles. The minimum atomic E-state index is 0.774. The highest BCUT2D eigenvalue weighted by atomic mass is 16.4. The maximum Gasteiger partial charge on any atom is 0.298 e. The number of hydrogen-bond acceptors (Lipinski definition) is 4. The van der Waals surface area contributed by atoms with E-state index in [4.69, 9.17) is 4.42 Å². The number of benzene rings is 1. The molecule has 3 rings (SSSR count). The third-order valence-electron chi connectivity index (χ3n) is 3.87. The van der Waals surface area contributed by atoms with Crippen molar-refractivity contribution in [3.63, 3.8) is 0 Å². The Balaban J connectivity index is 1.82. The molecule has 0 bridgehead atoms. The van der Waals surface area contributed by atoms with E-state index in [1.54, 1.807) is 0 Å². The summed E-state index contributed by atoms with van der Waals surface area (Å²) in [6.07, 6.45) is 4.72. The first-order chi connectivity index (χ1) is 9.86. The Morgan fingerprint density at radius 2 is 2.25 bits per heavy atom. The van der Waals surface area contributed by atoms with Gasteiger partial charge in [0.1, 0.15) is 5.52 Å². The van der Waals surface area contributed by atoms with Crippen molar-refractivity contribution in [2.24, 2.45) is 0 Å². The van der Waals surface area contributed by atoms with Gasteiger partial charge in [0.2, 0.25) is 0 Å². The predicted molar refractivity (Wildman–Crippen MR) is 82.3 cm³/mol. The zero-order valence-corrected chi connectivity index (χ0v) is 12.2. The molecule has 0 radical (unpaired) electrons. The first-order valence-corrected chi connectivity index (χ1v) is 7.72. The Morgan fingerprint density at radius 1 is 1.30 bits per heavy atom. The molecule has 1 aromatic carbocycles. The lowest BCUT2D eigenvalue weighted by Gasteiger charge is -2.16. The zero-order valence-electron chi connectivity index (χ0n) is 12.2. The number of aryl methyl sites for hydroxylation is 1. The van der Waals surface area contributed by atoms with E-state index < -0.39 is 0 Å². The number of aromatic nitrogens is 1. The van der Waals surface area contributed by atoms with Crippen LogP contribution < -0.4 is 10.2 Å². The second kappa shape index (κ2) is 6.27. The van der Waals surface area contributed by atoms with Crippen molar-refractivity contribution in [3.05, 3.63) is 23.8 Å². The van der Waals surface area contributed by atoms with Gasteiger partial charge in [0.05, 0.1) is 0 Å². The Labute approximate surface area is 120 Å². The summed E-state index contributed by atoms with van der Waals surface area (Å²) in [5, 5.41) is 3.40. The van der Waals surface area contributed by atoms with E-state index >= 15 is 0 Å². The summed E-state index contributed by atoms with van der Waals surface area (Å²) in [5.41, 5.74) is 3.25. The highest BCUT2D eigenvalue weighted by Crippen LogP contribution is 2.23. The molecule has 1 fully saturated rings. The van der Waals surface area contributed by atoms with Crippen molar-refractivity contribution in [1.82, 2.24) is 10.3 Å². The molecule has 4 nitrogen and oxygen atoms in total. The summed E-state index contributed by atoms with van der Waals surface area (Å²) in [6, 6.07) is 7.18. The van der Waals surface area contributed by atoms with Crippen LogP contribution in [-0.4, -0.2) is 31.2 Å². The van der Waals surface area contributed by atoms with E-state index in [-0.39, 0.29) is 0 Å². The van der Waals surface area contributed by atoms with E-state index in [1.807, 2.05) is 0 Å². The average Bonchev–Trinajstić information content (AvgIpc) is 2.70. The second-order valence-corrected chi connectivity index (χ2v) is 5.49. The molecule has 1 saturated heterocycles. The van der Waals surface area contributed by atoms with Gasteiger partial charge in [-0.05, 0) is 43.5 Å². The van der Waals surface area contributed by atoms with Crippen LogP contribution in [0.25, 0.3) is 11.1 Å². The maximum absolute atomic E-state index is 5.91. The van der Waals surface area contributed by atoms with Crippen molar-refractivity contribution in [3.8, 4) is 0 Å². The summed E-state index contributed by atoms with van der Waals surface area (Å²) in [7, 11) is 0. The number of hydrogen-bond donors (Lipinski definition) is 1. The molecule has 0 unspecified atom stereocenters. The SMILES string of the molecule is CCCCc1ccc2oc(N3CCCNCC3)nc2c1. The van der Waals surface area contributed by atoms with Crippen molar-refractivity contribution in [1.29, 1.82) is 0 Å². The number of nitrogens with zero attached hydrogens (tertiary/aromatic N) is 2. The smallest absolute Gasteiger partial charge is 0.298 e. The molecule has 0 saturated carbocycles. The summed E-state index contributed by atoms with van der Waals surface area (Å²) in [4.78, 5) is 6.92. The molecular weight excluding hydrogens is 250 g/mol. The van der Waals surface area contributed by atoms with Crippen LogP contribution in [0.15, 0.2) is 22.6 Å². The molecule has 20 heavy (non-hydrogen) atoms. The van der Waals surface area contributed by atoms with Gasteiger partial charge in [-0.3, -0.25) is 0 Å². The fourth-order valence-electron chi connectivity index (χ4n) is 2.67. The fourth-order valence-corrected chi connectivity index (χ4v) is 2.67. The number of unbranched alkanes of at least 4 members (excludes halogenated alkanes) is 1. The van der Waals surface area contributed by atoms with Crippen molar-refractivity contribution in [2.45, 2.75) is 32.6 Å². The average molecular weight is 273 g/mol. The van der Waals surface area contributed by atoms with Crippen LogP contribution in [0.1, 0.15) is 31.7 Å². The topological polar surface area (TPSA) is 41.3 Å². The van der Waals surface area contributed by atoms with E-state index in [0.717, 1.165) is 56.1 Å². The molecule has 0 amide bonds. The molecule has 1 aliphatic heterocycles. The van der Waals surface area contributed by atoms with Gasteiger partial charge < -0.3 is 14.6 Å². The third-order valence-corrected chi connectivity index (χ3v) is 3.87. The lowest BCUT2D eigenvalue weighted by Crippen LogP contribution is -2.27. The van der Waals surface area contributed by atoms with Crippen molar-refractivity contribution < 1.29 is 4.42 Å². The normalized spacial score (nSPS) is 16.6. The predicted octanol–water partition coefficient (Wildman–Crippen LogP) is 2.97. The first kappa shape index (κ1) is 13.4. The molecular formula is C16H23N3O. The number of fused-ring (bicyclic) bond motifs is 1. The monoisotopic (exact) mass is 273 g/mol. The van der Waals surface area contributed by atoms with E-state index in [9.17, 15) is 0 Å². The summed E-state index contributed by atoms with van der Waals surface area (Å²) in [5.74, 6) is 0. The van der Waals surface area contributed by atoms with Crippen molar-refractivity contribution >= 4 is 17.1 Å². The molecule has 1 N–H and O–H groups in total. The van der Waals surface area contributed by atoms with Crippen LogP contribution in [0.5, 0.6) is 0 Å². The number of oxazole rings is 1. The van der Waals surface area contributed by atoms with Crippen LogP contribution in [0, 0.1) is 0 Å². The van der Waals surface area contributed by atoms with Gasteiger partial charge in [0, 0.05) is 19.6 Å². The first-order valence-electron chi connectivity index (χ1n) is 7.72. The minimum absolute atomic E-state index is 0.774. The van der Waals surface area contributed by atoms with Crippen LogP contribution in [0.2, 0.25) is 0 Å². The second-order valence-electron chi connectivity index (χ2n) is 5.49. The molecule has 1 aromatic heterocycles. The third kappa shape index (κ3) is 2.96. The van der Waals surface area contributed by atoms with Gasteiger partial charge in [-0.2, -0.15) is 4.98 Å². The molecule has 0 atom stereocenters. The van der Waals surface area contributed by atoms with Gasteiger partial charge in [-0.25, -0.2) is 0 Å². The fraction of sp³-hybridized carbons (Fsp3) is 0.562. The van der Waals surface area contributed by atoms with Gasteiger partial charge in [0.25, 0.3) is 6.01 Å². The minimum Gasteiger partial charge on any atom is -0.423 e. The number of nitrogens with one attached hydrogen (secondary N) is 1. The highest BCUT2D eigenvalue weighted by molar-refractivity contribution is 5.75. The van der Waals surface area contributed by atoms with E-state index in [1.165, 1.54) is 18.4 Å². The Hall–Kier alpha value is -1.55. The van der Waals surface area contributed by atoms with Gasteiger partial charge in [0.15, 0.2) is 5.58 Å². The summed E-state index contributed by atoms with van der Waals surface area (Å²) < 4.78 is 5.91. The van der Waals surface area contributed by atoms with Crippen LogP contribution >= 0.6 is 0 Å². The van der Waals surface area contributed by atoms with Crippen LogP contribution in [-0.2, 0) is 6.42 Å². The maximum atomic E-state index is 5.91. The summed E-state index contributed by atoms with van der Waals surface area (Å²) in [6.45, 7) is 6.29. The van der Waals surface area contributed by atoms with E-state index in [2.05, 4.69) is 40.3 Å². The Kier molecular flexibility index (Phi) is 4.21. The molecule has 108 valence electrons. The zero-order chi connectivity index (χ0) is 13.8. The molecule has 4 heteroatoms. The van der Waals surface area contributed by atoms with E-state index in [0.29, 0.717) is 0 Å². The van der Waals surface area contributed by atoms with Crippen LogP contribution in [0.4, 0.5) is 6.01 Å². The quantitative estimate of drug-likeness (QED) is 0.930. The molecule has 1 aliphatic rings. The lowest BCUT2D eigenvalue weighted by atomic mass is 10.1. The lowest BCUT2D eigenvalue weighted by molar-refractivity contribution is 0.571.